The van der Waals surface area contributed by atoms with Gasteiger partial charge in [-0.05, 0) is 12.8 Å². The van der Waals surface area contributed by atoms with Crippen molar-refractivity contribution >= 4 is 28.2 Å². The summed E-state index contributed by atoms with van der Waals surface area (Å²) in [4.78, 5) is 28.7. The number of amides is 1. The minimum atomic E-state index is -0.988. The van der Waals surface area contributed by atoms with Crippen molar-refractivity contribution in [1.82, 2.24) is 14.7 Å². The van der Waals surface area contributed by atoms with Gasteiger partial charge in [0.15, 0.2) is 11.6 Å². The summed E-state index contributed by atoms with van der Waals surface area (Å²) in [5.74, 6) is -1.10. The number of nitrogens with zero attached hydrogens (tertiary/aromatic N) is 3. The highest BCUT2D eigenvalue weighted by molar-refractivity contribution is 7.15. The Bertz CT molecular complexity index is 730. The SMILES string of the molecule is CC(C)[C@@](C)(C#N)NC(=O)COC(=O)Cc1cn2ccsc2n1. The lowest BCUT2D eigenvalue weighted by molar-refractivity contribution is -0.148. The molecule has 1 atom stereocenters. The van der Waals surface area contributed by atoms with Crippen LogP contribution in [0.25, 0.3) is 4.96 Å². The van der Waals surface area contributed by atoms with Crippen molar-refractivity contribution in [2.24, 2.45) is 5.92 Å². The van der Waals surface area contributed by atoms with Crippen LogP contribution in [0.15, 0.2) is 17.8 Å². The van der Waals surface area contributed by atoms with Crippen LogP contribution in [0.4, 0.5) is 0 Å². The Morgan fingerprint density at radius 3 is 2.91 bits per heavy atom. The number of rotatable bonds is 6. The first-order valence-corrected chi connectivity index (χ1v) is 8.01. The van der Waals surface area contributed by atoms with Crippen LogP contribution in [0.3, 0.4) is 0 Å². The zero-order valence-electron chi connectivity index (χ0n) is 13.2. The van der Waals surface area contributed by atoms with Gasteiger partial charge in [-0.2, -0.15) is 5.26 Å². The number of esters is 1. The Kier molecular flexibility index (Phi) is 5.01. The van der Waals surface area contributed by atoms with Crippen LogP contribution in [-0.2, 0) is 20.7 Å². The molecule has 0 aliphatic heterocycles. The highest BCUT2D eigenvalue weighted by Gasteiger charge is 2.30. The fourth-order valence-corrected chi connectivity index (χ4v) is 2.55. The second-order valence-corrected chi connectivity index (χ2v) is 6.55. The lowest BCUT2D eigenvalue weighted by Gasteiger charge is -2.27. The highest BCUT2D eigenvalue weighted by atomic mass is 32.1. The van der Waals surface area contributed by atoms with Gasteiger partial charge in [0, 0.05) is 17.8 Å². The molecule has 0 aliphatic rings. The predicted octanol–water partition coefficient (Wildman–Crippen LogP) is 1.54. The summed E-state index contributed by atoms with van der Waals surface area (Å²) in [7, 11) is 0. The summed E-state index contributed by atoms with van der Waals surface area (Å²) in [6.45, 7) is 4.89. The van der Waals surface area contributed by atoms with Crippen molar-refractivity contribution in [1.29, 1.82) is 5.26 Å². The maximum atomic E-state index is 11.8. The van der Waals surface area contributed by atoms with Gasteiger partial charge >= 0.3 is 5.97 Å². The number of carbonyl (C=O) groups excluding carboxylic acids is 2. The van der Waals surface area contributed by atoms with Crippen molar-refractivity contribution in [3.63, 3.8) is 0 Å². The third-order valence-corrected chi connectivity index (χ3v) is 4.39. The number of fused-ring (bicyclic) bond motifs is 1. The van der Waals surface area contributed by atoms with Crippen molar-refractivity contribution < 1.29 is 14.3 Å². The minimum Gasteiger partial charge on any atom is -0.455 e. The van der Waals surface area contributed by atoms with Crippen LogP contribution in [0.2, 0.25) is 0 Å². The van der Waals surface area contributed by atoms with Crippen LogP contribution < -0.4 is 5.32 Å². The van der Waals surface area contributed by atoms with E-state index in [1.807, 2.05) is 29.8 Å². The molecule has 1 amide bonds. The smallest absolute Gasteiger partial charge is 0.312 e. The molecule has 2 rings (SSSR count). The Labute approximate surface area is 137 Å². The second kappa shape index (κ2) is 6.79. The van der Waals surface area contributed by atoms with E-state index in [9.17, 15) is 9.59 Å². The van der Waals surface area contributed by atoms with E-state index >= 15 is 0 Å². The molecular weight excluding hydrogens is 316 g/mol. The Morgan fingerprint density at radius 1 is 1.57 bits per heavy atom. The number of ether oxygens (including phenoxy) is 1. The van der Waals surface area contributed by atoms with Crippen molar-refractivity contribution in [3.05, 3.63) is 23.5 Å². The summed E-state index contributed by atoms with van der Waals surface area (Å²) in [6.07, 6.45) is 3.60. The third kappa shape index (κ3) is 4.07. The number of aromatic nitrogens is 2. The number of imidazole rings is 1. The van der Waals surface area contributed by atoms with E-state index in [-0.39, 0.29) is 12.3 Å². The maximum absolute atomic E-state index is 11.8. The number of hydrogen-bond donors (Lipinski definition) is 1. The van der Waals surface area contributed by atoms with Crippen LogP contribution in [0, 0.1) is 17.2 Å². The van der Waals surface area contributed by atoms with Gasteiger partial charge in [-0.15, -0.1) is 11.3 Å². The van der Waals surface area contributed by atoms with Crippen LogP contribution in [0.1, 0.15) is 26.5 Å². The molecule has 23 heavy (non-hydrogen) atoms. The number of thiazole rings is 1. The van der Waals surface area contributed by atoms with Crippen LogP contribution in [0.5, 0.6) is 0 Å². The summed E-state index contributed by atoms with van der Waals surface area (Å²) in [5.41, 5.74) is -0.399. The van der Waals surface area contributed by atoms with E-state index in [0.29, 0.717) is 5.69 Å². The lowest BCUT2D eigenvalue weighted by Crippen LogP contribution is -2.50. The average Bonchev–Trinajstić information content (AvgIpc) is 3.05. The summed E-state index contributed by atoms with van der Waals surface area (Å²) in [5, 5.41) is 13.6. The molecule has 8 heteroatoms. The summed E-state index contributed by atoms with van der Waals surface area (Å²) < 4.78 is 6.76. The molecule has 122 valence electrons. The van der Waals surface area contributed by atoms with Crippen molar-refractivity contribution in [3.8, 4) is 6.07 Å². The Balaban J connectivity index is 1.83. The molecule has 7 nitrogen and oxygen atoms in total. The first-order valence-electron chi connectivity index (χ1n) is 7.13. The molecule has 0 bridgehead atoms. The molecule has 2 aromatic heterocycles. The Morgan fingerprint density at radius 2 is 2.30 bits per heavy atom. The molecule has 0 aromatic carbocycles. The van der Waals surface area contributed by atoms with E-state index in [1.165, 1.54) is 11.3 Å². The fraction of sp³-hybridized carbons (Fsp3) is 0.467. The molecule has 0 saturated carbocycles. The minimum absolute atomic E-state index is 0.00137. The van der Waals surface area contributed by atoms with Gasteiger partial charge in [0.1, 0.15) is 5.54 Å². The number of nitrogens with one attached hydrogen (secondary N) is 1. The van der Waals surface area contributed by atoms with E-state index in [2.05, 4.69) is 16.4 Å². The monoisotopic (exact) mass is 334 g/mol. The first kappa shape index (κ1) is 17.0. The Hall–Kier alpha value is -2.40. The molecule has 2 aromatic rings. The fourth-order valence-electron chi connectivity index (χ4n) is 1.83. The largest absolute Gasteiger partial charge is 0.455 e. The zero-order valence-corrected chi connectivity index (χ0v) is 14.0. The maximum Gasteiger partial charge on any atom is 0.312 e. The highest BCUT2D eigenvalue weighted by Crippen LogP contribution is 2.15. The van der Waals surface area contributed by atoms with Gasteiger partial charge in [0.2, 0.25) is 0 Å². The molecule has 2 heterocycles. The van der Waals surface area contributed by atoms with Crippen LogP contribution >= 0.6 is 11.3 Å². The molecule has 0 fully saturated rings. The summed E-state index contributed by atoms with van der Waals surface area (Å²) in [6, 6.07) is 2.06. The van der Waals surface area contributed by atoms with Gasteiger partial charge in [-0.3, -0.25) is 14.0 Å². The average molecular weight is 334 g/mol. The third-order valence-electron chi connectivity index (χ3n) is 3.62. The molecular formula is C15H18N4O3S. The van der Waals surface area contributed by atoms with Gasteiger partial charge in [0.05, 0.1) is 18.2 Å². The first-order chi connectivity index (χ1) is 10.8. The van der Waals surface area contributed by atoms with E-state index in [1.54, 1.807) is 13.1 Å². The normalized spacial score (nSPS) is 13.5. The topological polar surface area (TPSA) is 96.5 Å². The van der Waals surface area contributed by atoms with Gasteiger partial charge in [0.25, 0.3) is 5.91 Å². The molecule has 1 N–H and O–H groups in total. The molecule has 0 spiro atoms. The lowest BCUT2D eigenvalue weighted by atomic mass is 9.90. The van der Waals surface area contributed by atoms with E-state index in [0.717, 1.165) is 4.96 Å². The van der Waals surface area contributed by atoms with Crippen molar-refractivity contribution in [2.75, 3.05) is 6.61 Å². The van der Waals surface area contributed by atoms with Crippen LogP contribution in [-0.4, -0.2) is 33.4 Å². The van der Waals surface area contributed by atoms with Crippen molar-refractivity contribution in [2.45, 2.75) is 32.7 Å². The molecule has 0 aliphatic carbocycles. The molecule has 0 saturated heterocycles. The molecule has 0 unspecified atom stereocenters. The van der Waals surface area contributed by atoms with E-state index in [4.69, 9.17) is 10.00 Å². The van der Waals surface area contributed by atoms with Gasteiger partial charge in [-0.1, -0.05) is 13.8 Å². The summed E-state index contributed by atoms with van der Waals surface area (Å²) >= 11 is 1.47. The quantitative estimate of drug-likeness (QED) is 0.808. The van der Waals surface area contributed by atoms with E-state index < -0.39 is 24.0 Å². The number of nitriles is 1. The predicted molar refractivity (Wildman–Crippen MR) is 84.7 cm³/mol. The van der Waals surface area contributed by atoms with Gasteiger partial charge in [-0.25, -0.2) is 4.98 Å². The number of hydrogen-bond acceptors (Lipinski definition) is 6. The zero-order chi connectivity index (χ0) is 17.0. The number of carbonyl (C=O) groups is 2. The standard InChI is InChI=1S/C15H18N4O3S/c1-10(2)15(3,9-16)18-12(20)8-22-13(21)6-11-7-19-4-5-23-14(19)17-11/h4-5,7,10H,6,8H2,1-3H3,(H,18,20)/t15-/m1/s1. The molecule has 0 radical (unpaired) electrons. The second-order valence-electron chi connectivity index (χ2n) is 5.68. The van der Waals surface area contributed by atoms with Gasteiger partial charge < -0.3 is 10.1 Å².